The molecule has 7 heterocycles. The van der Waals surface area contributed by atoms with E-state index in [0.717, 1.165) is 91.7 Å². The third-order valence-corrected chi connectivity index (χ3v) is 8.89. The highest BCUT2D eigenvalue weighted by molar-refractivity contribution is 5.87. The lowest BCUT2D eigenvalue weighted by atomic mass is 9.73. The fourth-order valence-corrected chi connectivity index (χ4v) is 6.36. The van der Waals surface area contributed by atoms with Crippen LogP contribution in [-0.4, -0.2) is 73.3 Å². The van der Waals surface area contributed by atoms with E-state index in [2.05, 4.69) is 64.2 Å². The van der Waals surface area contributed by atoms with E-state index in [9.17, 15) is 0 Å². The molecule has 0 saturated carbocycles. The maximum absolute atomic E-state index is 6.51. The number of aryl methyl sites for hydroxylation is 1. The summed E-state index contributed by atoms with van der Waals surface area (Å²) < 4.78 is 7.85. The van der Waals surface area contributed by atoms with Gasteiger partial charge >= 0.3 is 0 Å². The molecule has 11 heteroatoms. The quantitative estimate of drug-likeness (QED) is 0.408. The molecule has 3 aliphatic heterocycles. The highest BCUT2D eigenvalue weighted by Crippen LogP contribution is 2.42. The highest BCUT2D eigenvalue weighted by atomic mass is 16.5. The van der Waals surface area contributed by atoms with Gasteiger partial charge in [0.2, 0.25) is 0 Å². The van der Waals surface area contributed by atoms with Crippen molar-refractivity contribution in [1.82, 2.24) is 34.9 Å². The number of rotatable bonds is 4. The molecule has 0 aromatic carbocycles. The van der Waals surface area contributed by atoms with E-state index in [1.165, 1.54) is 0 Å². The van der Waals surface area contributed by atoms with Crippen molar-refractivity contribution < 1.29 is 4.74 Å². The van der Waals surface area contributed by atoms with Gasteiger partial charge in [-0.15, -0.1) is 0 Å². The molecule has 39 heavy (non-hydrogen) atoms. The van der Waals surface area contributed by atoms with Crippen LogP contribution in [0.2, 0.25) is 0 Å². The third kappa shape index (κ3) is 4.06. The Balaban J connectivity index is 1.12. The van der Waals surface area contributed by atoms with Crippen molar-refractivity contribution in [3.63, 3.8) is 0 Å². The number of H-pyrrole nitrogens is 1. The lowest BCUT2D eigenvalue weighted by Crippen LogP contribution is -2.50. The molecule has 2 fully saturated rings. The number of nitrogens with two attached hydrogens (primary N) is 1. The standard InChI is InChI=1S/C28H36N10O/c1-17(2)38-15-19(13-31-38)20-6-7-22-21(32-20)5-4-10-37(22)27-24-26(34-35-27)33-23(14-30-24)36-11-8-28(9-12-36)16-39-18(3)25(28)29/h6-7,13-15,17-18,25H,4-5,8-12,16,29H2,1-3H3,(H,33,34,35). The molecule has 0 amide bonds. The largest absolute Gasteiger partial charge is 0.376 e. The second kappa shape index (κ2) is 9.27. The van der Waals surface area contributed by atoms with Gasteiger partial charge in [0.1, 0.15) is 5.82 Å². The number of nitrogens with one attached hydrogen (secondary N) is 1. The van der Waals surface area contributed by atoms with Gasteiger partial charge in [0.05, 0.1) is 42.2 Å². The van der Waals surface area contributed by atoms with E-state index in [1.54, 1.807) is 0 Å². The summed E-state index contributed by atoms with van der Waals surface area (Å²) >= 11 is 0. The SMILES string of the molecule is CC1OCC2(CCN(c3cnc4c(N5CCCc6nc(-c7cnn(C(C)C)c7)ccc65)n[nH]c4n3)CC2)C1N. The molecular weight excluding hydrogens is 492 g/mol. The maximum atomic E-state index is 6.51. The predicted molar refractivity (Wildman–Crippen MR) is 150 cm³/mol. The Bertz CT molecular complexity index is 1500. The molecule has 1 spiro atoms. The smallest absolute Gasteiger partial charge is 0.183 e. The van der Waals surface area contributed by atoms with Gasteiger partial charge < -0.3 is 20.3 Å². The van der Waals surface area contributed by atoms with Gasteiger partial charge in [-0.05, 0) is 58.6 Å². The van der Waals surface area contributed by atoms with Crippen molar-refractivity contribution in [1.29, 1.82) is 0 Å². The summed E-state index contributed by atoms with van der Waals surface area (Å²) in [7, 11) is 0. The van der Waals surface area contributed by atoms with Crippen LogP contribution in [-0.2, 0) is 11.2 Å². The van der Waals surface area contributed by atoms with Crippen molar-refractivity contribution >= 4 is 28.5 Å². The Labute approximate surface area is 227 Å². The maximum Gasteiger partial charge on any atom is 0.183 e. The molecule has 3 aliphatic rings. The van der Waals surface area contributed by atoms with Crippen LogP contribution >= 0.6 is 0 Å². The first-order valence-electron chi connectivity index (χ1n) is 14.1. The number of anilines is 3. The number of piperidine rings is 1. The number of fused-ring (bicyclic) bond motifs is 2. The van der Waals surface area contributed by atoms with Crippen LogP contribution < -0.4 is 15.5 Å². The number of pyridine rings is 1. The van der Waals surface area contributed by atoms with E-state index in [4.69, 9.17) is 25.4 Å². The fourth-order valence-electron chi connectivity index (χ4n) is 6.36. The molecule has 2 atom stereocenters. The van der Waals surface area contributed by atoms with Crippen LogP contribution in [0.4, 0.5) is 17.3 Å². The van der Waals surface area contributed by atoms with Crippen LogP contribution in [0, 0.1) is 5.41 Å². The first-order valence-corrected chi connectivity index (χ1v) is 14.1. The van der Waals surface area contributed by atoms with E-state index in [-0.39, 0.29) is 17.6 Å². The van der Waals surface area contributed by atoms with E-state index >= 15 is 0 Å². The Morgan fingerprint density at radius 1 is 1.13 bits per heavy atom. The van der Waals surface area contributed by atoms with Crippen LogP contribution in [0.5, 0.6) is 0 Å². The van der Waals surface area contributed by atoms with Crippen LogP contribution in [0.25, 0.3) is 22.4 Å². The zero-order chi connectivity index (χ0) is 26.7. The molecule has 204 valence electrons. The summed E-state index contributed by atoms with van der Waals surface area (Å²) in [5.41, 5.74) is 12.2. The normalized spacial score (nSPS) is 22.8. The lowest BCUT2D eigenvalue weighted by Gasteiger charge is -2.41. The van der Waals surface area contributed by atoms with Crippen molar-refractivity contribution in [3.05, 3.63) is 36.4 Å². The Morgan fingerprint density at radius 2 is 1.97 bits per heavy atom. The third-order valence-electron chi connectivity index (χ3n) is 8.89. The molecule has 2 saturated heterocycles. The molecule has 7 rings (SSSR count). The fraction of sp³-hybridized carbons (Fsp3) is 0.536. The monoisotopic (exact) mass is 528 g/mol. The van der Waals surface area contributed by atoms with Gasteiger partial charge in [-0.1, -0.05) is 0 Å². The minimum absolute atomic E-state index is 0.0824. The van der Waals surface area contributed by atoms with Crippen LogP contribution in [0.1, 0.15) is 51.8 Å². The van der Waals surface area contributed by atoms with Crippen molar-refractivity contribution in [3.8, 4) is 11.3 Å². The zero-order valence-electron chi connectivity index (χ0n) is 22.8. The first-order chi connectivity index (χ1) is 18.9. The first kappa shape index (κ1) is 24.5. The zero-order valence-corrected chi connectivity index (χ0v) is 22.8. The van der Waals surface area contributed by atoms with Gasteiger partial charge in [0.15, 0.2) is 17.0 Å². The summed E-state index contributed by atoms with van der Waals surface area (Å²) in [6, 6.07) is 4.63. The summed E-state index contributed by atoms with van der Waals surface area (Å²) in [6.45, 7) is 9.74. The molecule has 11 nitrogen and oxygen atoms in total. The van der Waals surface area contributed by atoms with Gasteiger partial charge in [-0.25, -0.2) is 9.97 Å². The number of hydrogen-bond acceptors (Lipinski definition) is 9. The molecule has 4 aromatic heterocycles. The van der Waals surface area contributed by atoms with Crippen LogP contribution in [0.3, 0.4) is 0 Å². The molecule has 0 radical (unpaired) electrons. The minimum Gasteiger partial charge on any atom is -0.376 e. The average molecular weight is 529 g/mol. The summed E-state index contributed by atoms with van der Waals surface area (Å²) in [5, 5.41) is 12.3. The van der Waals surface area contributed by atoms with Crippen molar-refractivity contribution in [2.24, 2.45) is 11.1 Å². The van der Waals surface area contributed by atoms with Crippen molar-refractivity contribution in [2.45, 2.75) is 64.6 Å². The number of aromatic amines is 1. The molecule has 0 aliphatic carbocycles. The number of ether oxygens (including phenoxy) is 1. The number of hydrogen-bond donors (Lipinski definition) is 2. The number of nitrogens with zero attached hydrogens (tertiary/aromatic N) is 8. The Hall–Kier alpha value is -3.57. The summed E-state index contributed by atoms with van der Waals surface area (Å²) in [5.74, 6) is 1.67. The molecular formula is C28H36N10O. The average Bonchev–Trinajstić information content (AvgIpc) is 3.68. The predicted octanol–water partition coefficient (Wildman–Crippen LogP) is 3.61. The number of aromatic nitrogens is 7. The van der Waals surface area contributed by atoms with Gasteiger partial charge in [0.25, 0.3) is 0 Å². The van der Waals surface area contributed by atoms with Gasteiger partial charge in [-0.3, -0.25) is 14.8 Å². The Morgan fingerprint density at radius 3 is 2.72 bits per heavy atom. The topological polar surface area (TPSA) is 127 Å². The van der Waals surface area contributed by atoms with E-state index in [1.807, 2.05) is 17.1 Å². The molecule has 0 bridgehead atoms. The van der Waals surface area contributed by atoms with E-state index in [0.29, 0.717) is 11.7 Å². The van der Waals surface area contributed by atoms with Crippen molar-refractivity contribution in [2.75, 3.05) is 36.0 Å². The lowest BCUT2D eigenvalue weighted by molar-refractivity contribution is 0.0974. The molecule has 4 aromatic rings. The van der Waals surface area contributed by atoms with E-state index < -0.39 is 0 Å². The second-order valence-corrected chi connectivity index (χ2v) is 11.6. The Kier molecular flexibility index (Phi) is 5.82. The van der Waals surface area contributed by atoms with Crippen LogP contribution in [0.15, 0.2) is 30.7 Å². The summed E-state index contributed by atoms with van der Waals surface area (Å²) in [6.07, 6.45) is 9.89. The van der Waals surface area contributed by atoms with Gasteiger partial charge in [0, 0.05) is 48.9 Å². The highest BCUT2D eigenvalue weighted by Gasteiger charge is 2.47. The summed E-state index contributed by atoms with van der Waals surface area (Å²) in [4.78, 5) is 19.3. The minimum atomic E-state index is 0.0824. The molecule has 3 N–H and O–H groups in total. The second-order valence-electron chi connectivity index (χ2n) is 11.6. The van der Waals surface area contributed by atoms with Gasteiger partial charge in [-0.2, -0.15) is 10.2 Å². The molecule has 2 unspecified atom stereocenters.